The number of aromatic hydroxyl groups is 1. The van der Waals surface area contributed by atoms with Crippen molar-refractivity contribution >= 4 is 5.78 Å². The molecule has 0 atom stereocenters. The number of rotatable bonds is 2. The third kappa shape index (κ3) is 1.92. The van der Waals surface area contributed by atoms with Crippen LogP contribution in [-0.4, -0.2) is 10.9 Å². The molecule has 14 heavy (non-hydrogen) atoms. The van der Waals surface area contributed by atoms with Gasteiger partial charge in [-0.15, -0.1) is 0 Å². The van der Waals surface area contributed by atoms with E-state index in [1.54, 1.807) is 0 Å². The van der Waals surface area contributed by atoms with Crippen molar-refractivity contribution in [3.63, 3.8) is 0 Å². The molecule has 0 unspecified atom stereocenters. The molecule has 0 aliphatic carbocycles. The summed E-state index contributed by atoms with van der Waals surface area (Å²) in [5, 5.41) is 9.31. The van der Waals surface area contributed by atoms with E-state index in [1.165, 1.54) is 13.0 Å². The predicted molar refractivity (Wildman–Crippen MR) is 52.2 cm³/mol. The molecule has 0 amide bonds. The van der Waals surface area contributed by atoms with Crippen molar-refractivity contribution in [1.82, 2.24) is 0 Å². The Kier molecular flexibility index (Phi) is 2.89. The van der Waals surface area contributed by atoms with Gasteiger partial charge in [-0.05, 0) is 24.5 Å². The van der Waals surface area contributed by atoms with Gasteiger partial charge in [-0.3, -0.25) is 4.79 Å². The third-order valence-electron chi connectivity index (χ3n) is 2.12. The number of carbonyl (C=O) groups excluding carboxylic acids is 1. The molecular formula is C11H13FO2. The normalized spacial score (nSPS) is 10.6. The highest BCUT2D eigenvalue weighted by molar-refractivity contribution is 5.96. The molecule has 0 bridgehead atoms. The zero-order valence-electron chi connectivity index (χ0n) is 8.47. The lowest BCUT2D eigenvalue weighted by Crippen LogP contribution is -1.99. The van der Waals surface area contributed by atoms with Crippen LogP contribution in [0.25, 0.3) is 0 Å². The molecule has 0 aromatic heterocycles. The summed E-state index contributed by atoms with van der Waals surface area (Å²) in [5.41, 5.74) is 0.628. The van der Waals surface area contributed by atoms with Crippen molar-refractivity contribution in [2.75, 3.05) is 0 Å². The van der Waals surface area contributed by atoms with Crippen LogP contribution in [0, 0.1) is 5.82 Å². The minimum absolute atomic E-state index is 0.00583. The molecular weight excluding hydrogens is 183 g/mol. The number of hydrogen-bond acceptors (Lipinski definition) is 2. The predicted octanol–water partition coefficient (Wildman–Crippen LogP) is 2.86. The summed E-state index contributed by atoms with van der Waals surface area (Å²) in [7, 11) is 0. The first kappa shape index (κ1) is 10.7. The number of carbonyl (C=O) groups is 1. The van der Waals surface area contributed by atoms with E-state index >= 15 is 0 Å². The highest BCUT2D eigenvalue weighted by Gasteiger charge is 2.14. The topological polar surface area (TPSA) is 37.3 Å². The van der Waals surface area contributed by atoms with Crippen LogP contribution in [-0.2, 0) is 0 Å². The van der Waals surface area contributed by atoms with Crippen LogP contribution in [0.2, 0.25) is 0 Å². The van der Waals surface area contributed by atoms with Gasteiger partial charge in [-0.1, -0.05) is 13.8 Å². The molecule has 0 aliphatic heterocycles. The summed E-state index contributed by atoms with van der Waals surface area (Å²) in [6.45, 7) is 5.01. The molecule has 0 aliphatic rings. The molecule has 2 nitrogen and oxygen atoms in total. The standard InChI is InChI=1S/C11H13FO2/c1-6(2)8-4-9(7(3)13)11(14)5-10(8)12/h4-6,14H,1-3H3. The second-order valence-corrected chi connectivity index (χ2v) is 3.60. The van der Waals surface area contributed by atoms with Gasteiger partial charge in [-0.2, -0.15) is 0 Å². The maximum atomic E-state index is 13.3. The van der Waals surface area contributed by atoms with Crippen molar-refractivity contribution in [2.45, 2.75) is 26.7 Å². The SMILES string of the molecule is CC(=O)c1cc(C(C)C)c(F)cc1O. The Bertz CT molecular complexity index is 370. The van der Waals surface area contributed by atoms with Crippen LogP contribution in [0.5, 0.6) is 5.75 Å². The van der Waals surface area contributed by atoms with Crippen molar-refractivity contribution in [3.05, 3.63) is 29.1 Å². The minimum Gasteiger partial charge on any atom is -0.507 e. The molecule has 0 heterocycles. The fourth-order valence-corrected chi connectivity index (χ4v) is 1.30. The monoisotopic (exact) mass is 196 g/mol. The molecule has 76 valence electrons. The van der Waals surface area contributed by atoms with Crippen LogP contribution in [0.4, 0.5) is 4.39 Å². The van der Waals surface area contributed by atoms with Crippen molar-refractivity contribution in [1.29, 1.82) is 0 Å². The van der Waals surface area contributed by atoms with Gasteiger partial charge in [0.2, 0.25) is 0 Å². The van der Waals surface area contributed by atoms with Gasteiger partial charge in [0.05, 0.1) is 5.56 Å². The molecule has 0 radical (unpaired) electrons. The van der Waals surface area contributed by atoms with E-state index in [-0.39, 0.29) is 23.0 Å². The Morgan fingerprint density at radius 2 is 2.00 bits per heavy atom. The first-order valence-electron chi connectivity index (χ1n) is 4.46. The lowest BCUT2D eigenvalue weighted by molar-refractivity contribution is 0.101. The van der Waals surface area contributed by atoms with Crippen molar-refractivity contribution in [2.24, 2.45) is 0 Å². The number of hydrogen-bond donors (Lipinski definition) is 1. The molecule has 1 aromatic carbocycles. The Morgan fingerprint density at radius 1 is 1.43 bits per heavy atom. The van der Waals surface area contributed by atoms with E-state index < -0.39 is 5.82 Å². The van der Waals surface area contributed by atoms with Gasteiger partial charge in [0.15, 0.2) is 5.78 Å². The molecule has 0 saturated heterocycles. The van der Waals surface area contributed by atoms with E-state index in [2.05, 4.69) is 0 Å². The fraction of sp³-hybridized carbons (Fsp3) is 0.364. The number of phenolic OH excluding ortho intramolecular Hbond substituents is 1. The largest absolute Gasteiger partial charge is 0.507 e. The van der Waals surface area contributed by atoms with Gasteiger partial charge < -0.3 is 5.11 Å². The van der Waals surface area contributed by atoms with Crippen LogP contribution in [0.1, 0.15) is 42.6 Å². The van der Waals surface area contributed by atoms with Gasteiger partial charge in [0.1, 0.15) is 11.6 Å². The molecule has 0 spiro atoms. The van der Waals surface area contributed by atoms with E-state index in [1.807, 2.05) is 13.8 Å². The number of phenols is 1. The van der Waals surface area contributed by atoms with E-state index in [0.29, 0.717) is 5.56 Å². The third-order valence-corrected chi connectivity index (χ3v) is 2.12. The zero-order valence-corrected chi connectivity index (χ0v) is 8.47. The molecule has 0 fully saturated rings. The quantitative estimate of drug-likeness (QED) is 0.738. The zero-order chi connectivity index (χ0) is 10.9. The Labute approximate surface area is 82.4 Å². The van der Waals surface area contributed by atoms with E-state index in [9.17, 15) is 14.3 Å². The number of Topliss-reactive ketones (excluding diaryl/α,β-unsaturated/α-hetero) is 1. The average Bonchev–Trinajstić information content (AvgIpc) is 2.02. The van der Waals surface area contributed by atoms with Crippen LogP contribution in [0.3, 0.4) is 0 Å². The number of halogens is 1. The molecule has 3 heteroatoms. The summed E-state index contributed by atoms with van der Waals surface area (Å²) in [6.07, 6.45) is 0. The Hall–Kier alpha value is -1.38. The summed E-state index contributed by atoms with van der Waals surface area (Å²) in [6, 6.07) is 2.41. The minimum atomic E-state index is -0.470. The highest BCUT2D eigenvalue weighted by atomic mass is 19.1. The van der Waals surface area contributed by atoms with E-state index in [0.717, 1.165) is 6.07 Å². The molecule has 1 aromatic rings. The van der Waals surface area contributed by atoms with E-state index in [4.69, 9.17) is 0 Å². The molecule has 1 rings (SSSR count). The van der Waals surface area contributed by atoms with Crippen LogP contribution < -0.4 is 0 Å². The smallest absolute Gasteiger partial charge is 0.163 e. The summed E-state index contributed by atoms with van der Waals surface area (Å²) >= 11 is 0. The second kappa shape index (κ2) is 3.78. The Balaban J connectivity index is 3.34. The average molecular weight is 196 g/mol. The van der Waals surface area contributed by atoms with Crippen molar-refractivity contribution < 1.29 is 14.3 Å². The second-order valence-electron chi connectivity index (χ2n) is 3.60. The summed E-state index contributed by atoms with van der Waals surface area (Å²) in [5.74, 6) is -1.03. The number of benzene rings is 1. The first-order chi connectivity index (χ1) is 6.43. The lowest BCUT2D eigenvalue weighted by atomic mass is 9.98. The first-order valence-corrected chi connectivity index (χ1v) is 4.46. The van der Waals surface area contributed by atoms with Crippen LogP contribution >= 0.6 is 0 Å². The van der Waals surface area contributed by atoms with Gasteiger partial charge >= 0.3 is 0 Å². The highest BCUT2D eigenvalue weighted by Crippen LogP contribution is 2.26. The summed E-state index contributed by atoms with van der Waals surface area (Å²) < 4.78 is 13.3. The lowest BCUT2D eigenvalue weighted by Gasteiger charge is -2.09. The molecule has 1 N–H and O–H groups in total. The number of ketones is 1. The maximum Gasteiger partial charge on any atom is 0.163 e. The van der Waals surface area contributed by atoms with Gasteiger partial charge in [0.25, 0.3) is 0 Å². The van der Waals surface area contributed by atoms with Gasteiger partial charge in [-0.25, -0.2) is 4.39 Å². The maximum absolute atomic E-state index is 13.3. The molecule has 0 saturated carbocycles. The summed E-state index contributed by atoms with van der Waals surface area (Å²) in [4.78, 5) is 11.1. The fourth-order valence-electron chi connectivity index (χ4n) is 1.30. The Morgan fingerprint density at radius 3 is 2.43 bits per heavy atom. The van der Waals surface area contributed by atoms with Gasteiger partial charge in [0, 0.05) is 6.07 Å². The van der Waals surface area contributed by atoms with Crippen molar-refractivity contribution in [3.8, 4) is 5.75 Å². The van der Waals surface area contributed by atoms with Crippen LogP contribution in [0.15, 0.2) is 12.1 Å².